The molecule has 0 saturated carbocycles. The summed E-state index contributed by atoms with van der Waals surface area (Å²) in [6, 6.07) is 5.69. The third kappa shape index (κ3) is 3.60. The Balaban J connectivity index is 1.90. The van der Waals surface area contributed by atoms with Crippen molar-refractivity contribution in [1.82, 2.24) is 15.3 Å². The molecule has 0 spiro atoms. The van der Waals surface area contributed by atoms with Gasteiger partial charge < -0.3 is 15.6 Å². The molecule has 2 aromatic rings. The second-order valence-corrected chi connectivity index (χ2v) is 4.60. The highest BCUT2D eigenvalue weighted by molar-refractivity contribution is 5.94. The van der Waals surface area contributed by atoms with Crippen LogP contribution in [-0.4, -0.2) is 29.0 Å². The van der Waals surface area contributed by atoms with Crippen LogP contribution in [0, 0.1) is 6.92 Å². The average Bonchev–Trinajstić information content (AvgIpc) is 2.94. The van der Waals surface area contributed by atoms with Crippen molar-refractivity contribution in [2.24, 2.45) is 0 Å². The van der Waals surface area contributed by atoms with E-state index in [0.717, 1.165) is 23.6 Å². The van der Waals surface area contributed by atoms with E-state index >= 15 is 0 Å². The Labute approximate surface area is 118 Å². The highest BCUT2D eigenvalue weighted by Crippen LogP contribution is 2.16. The first-order chi connectivity index (χ1) is 9.70. The van der Waals surface area contributed by atoms with E-state index in [1.807, 2.05) is 25.1 Å². The summed E-state index contributed by atoms with van der Waals surface area (Å²) in [5, 5.41) is 6.16. The minimum absolute atomic E-state index is 0.0531. The van der Waals surface area contributed by atoms with Crippen LogP contribution < -0.4 is 10.6 Å². The van der Waals surface area contributed by atoms with Crippen molar-refractivity contribution in [3.05, 3.63) is 47.5 Å². The van der Waals surface area contributed by atoms with Crippen LogP contribution in [0.25, 0.3) is 0 Å². The fourth-order valence-electron chi connectivity index (χ4n) is 2.02. The lowest BCUT2D eigenvalue weighted by atomic mass is 10.1. The first-order valence-corrected chi connectivity index (χ1v) is 6.81. The fraction of sp³-hybridized carbons (Fsp3) is 0.333. The number of benzene rings is 1. The number of hydrogen-bond donors (Lipinski definition) is 3. The van der Waals surface area contributed by atoms with Crippen LogP contribution in [0.5, 0.6) is 0 Å². The topological polar surface area (TPSA) is 69.8 Å². The molecule has 0 bridgehead atoms. The molecule has 0 saturated heterocycles. The molecule has 5 heteroatoms. The predicted molar refractivity (Wildman–Crippen MR) is 80.0 cm³/mol. The summed E-state index contributed by atoms with van der Waals surface area (Å²) >= 11 is 0. The summed E-state index contributed by atoms with van der Waals surface area (Å²) in [6.45, 7) is 5.49. The first-order valence-electron chi connectivity index (χ1n) is 6.81. The third-order valence-corrected chi connectivity index (χ3v) is 3.06. The molecular formula is C15H20N4O. The van der Waals surface area contributed by atoms with Crippen LogP contribution in [0.3, 0.4) is 0 Å². The Morgan fingerprint density at radius 1 is 1.40 bits per heavy atom. The molecule has 1 amide bonds. The van der Waals surface area contributed by atoms with E-state index in [-0.39, 0.29) is 5.91 Å². The number of amides is 1. The van der Waals surface area contributed by atoms with Crippen LogP contribution in [0.4, 0.5) is 5.69 Å². The van der Waals surface area contributed by atoms with Crippen LogP contribution >= 0.6 is 0 Å². The van der Waals surface area contributed by atoms with Crippen molar-refractivity contribution in [2.75, 3.05) is 18.4 Å². The fourth-order valence-corrected chi connectivity index (χ4v) is 2.02. The first kappa shape index (κ1) is 14.1. The van der Waals surface area contributed by atoms with Crippen molar-refractivity contribution in [1.29, 1.82) is 0 Å². The molecule has 1 aromatic heterocycles. The van der Waals surface area contributed by atoms with Crippen molar-refractivity contribution in [3.63, 3.8) is 0 Å². The van der Waals surface area contributed by atoms with Gasteiger partial charge in [-0.25, -0.2) is 4.98 Å². The maximum absolute atomic E-state index is 12.0. The number of nitrogens with zero attached hydrogens (tertiary/aromatic N) is 1. The summed E-state index contributed by atoms with van der Waals surface area (Å²) in [4.78, 5) is 19.2. The van der Waals surface area contributed by atoms with E-state index in [9.17, 15) is 4.79 Å². The summed E-state index contributed by atoms with van der Waals surface area (Å²) in [5.74, 6) is 0.826. The Morgan fingerprint density at radius 3 is 2.90 bits per heavy atom. The number of H-pyrrole nitrogens is 1. The number of imidazole rings is 1. The molecule has 0 aliphatic rings. The van der Waals surface area contributed by atoms with E-state index < -0.39 is 0 Å². The van der Waals surface area contributed by atoms with E-state index in [1.54, 1.807) is 12.4 Å². The van der Waals surface area contributed by atoms with Crippen LogP contribution in [0.2, 0.25) is 0 Å². The van der Waals surface area contributed by atoms with Gasteiger partial charge >= 0.3 is 0 Å². The highest BCUT2D eigenvalue weighted by Gasteiger charge is 2.07. The molecular weight excluding hydrogens is 252 g/mol. The molecule has 0 radical (unpaired) electrons. The van der Waals surface area contributed by atoms with E-state index in [1.165, 1.54) is 0 Å². The zero-order valence-corrected chi connectivity index (χ0v) is 11.9. The average molecular weight is 272 g/mol. The van der Waals surface area contributed by atoms with E-state index in [4.69, 9.17) is 0 Å². The lowest BCUT2D eigenvalue weighted by molar-refractivity contribution is 0.0954. The Hall–Kier alpha value is -2.30. The number of carbonyl (C=O) groups excluding carboxylic acids is 1. The van der Waals surface area contributed by atoms with E-state index in [2.05, 4.69) is 27.5 Å². The largest absolute Gasteiger partial charge is 0.385 e. The van der Waals surface area contributed by atoms with Crippen LogP contribution in [0.1, 0.15) is 28.7 Å². The standard InChI is InChI=1S/C15H20N4O/c1-3-16-13-5-4-12(10-11(13)2)15(20)19-7-6-14-17-8-9-18-14/h4-5,8-10,16H,3,6-7H2,1-2H3,(H,17,18)(H,19,20). The molecule has 0 fully saturated rings. The number of anilines is 1. The lowest BCUT2D eigenvalue weighted by Crippen LogP contribution is -2.26. The summed E-state index contributed by atoms with van der Waals surface area (Å²) in [6.07, 6.45) is 4.19. The highest BCUT2D eigenvalue weighted by atomic mass is 16.1. The van der Waals surface area contributed by atoms with Gasteiger partial charge in [0.2, 0.25) is 0 Å². The molecule has 3 N–H and O–H groups in total. The summed E-state index contributed by atoms with van der Waals surface area (Å²) in [7, 11) is 0. The second-order valence-electron chi connectivity index (χ2n) is 4.60. The van der Waals surface area contributed by atoms with Crippen LogP contribution in [-0.2, 0) is 6.42 Å². The molecule has 1 aromatic carbocycles. The SMILES string of the molecule is CCNc1ccc(C(=O)NCCc2ncc[nH]2)cc1C. The minimum atomic E-state index is -0.0531. The van der Waals surface area contributed by atoms with Gasteiger partial charge in [-0.3, -0.25) is 4.79 Å². The molecule has 106 valence electrons. The van der Waals surface area contributed by atoms with Gasteiger partial charge in [0, 0.05) is 43.2 Å². The third-order valence-electron chi connectivity index (χ3n) is 3.06. The van der Waals surface area contributed by atoms with Gasteiger partial charge in [-0.1, -0.05) is 0 Å². The molecule has 0 aliphatic heterocycles. The summed E-state index contributed by atoms with van der Waals surface area (Å²) in [5.41, 5.74) is 2.83. The zero-order chi connectivity index (χ0) is 14.4. The van der Waals surface area contributed by atoms with Crippen LogP contribution in [0.15, 0.2) is 30.6 Å². The second kappa shape index (κ2) is 6.75. The number of carbonyl (C=O) groups is 1. The normalized spacial score (nSPS) is 10.3. The molecule has 0 unspecified atom stereocenters. The molecule has 2 rings (SSSR count). The maximum atomic E-state index is 12.0. The van der Waals surface area contributed by atoms with Crippen molar-refractivity contribution in [2.45, 2.75) is 20.3 Å². The Kier molecular flexibility index (Phi) is 4.76. The Bertz CT molecular complexity index is 563. The number of aryl methyl sites for hydroxylation is 1. The maximum Gasteiger partial charge on any atom is 0.251 e. The van der Waals surface area contributed by atoms with Gasteiger partial charge in [-0.05, 0) is 37.6 Å². The molecule has 0 aliphatic carbocycles. The van der Waals surface area contributed by atoms with Gasteiger partial charge in [-0.15, -0.1) is 0 Å². The quantitative estimate of drug-likeness (QED) is 0.754. The van der Waals surface area contributed by atoms with Gasteiger partial charge in [0.1, 0.15) is 5.82 Å². The monoisotopic (exact) mass is 272 g/mol. The summed E-state index contributed by atoms with van der Waals surface area (Å²) < 4.78 is 0. The zero-order valence-electron chi connectivity index (χ0n) is 11.9. The lowest BCUT2D eigenvalue weighted by Gasteiger charge is -2.10. The van der Waals surface area contributed by atoms with E-state index in [0.29, 0.717) is 18.5 Å². The predicted octanol–water partition coefficient (Wildman–Crippen LogP) is 2.12. The number of rotatable bonds is 6. The molecule has 0 atom stereocenters. The van der Waals surface area contributed by atoms with Gasteiger partial charge in [0.25, 0.3) is 5.91 Å². The van der Waals surface area contributed by atoms with Gasteiger partial charge in [-0.2, -0.15) is 0 Å². The molecule has 1 heterocycles. The molecule has 20 heavy (non-hydrogen) atoms. The molecule has 5 nitrogen and oxygen atoms in total. The number of hydrogen-bond acceptors (Lipinski definition) is 3. The number of aromatic nitrogens is 2. The van der Waals surface area contributed by atoms with Crippen molar-refractivity contribution in [3.8, 4) is 0 Å². The van der Waals surface area contributed by atoms with Gasteiger partial charge in [0.15, 0.2) is 0 Å². The van der Waals surface area contributed by atoms with Crippen molar-refractivity contribution < 1.29 is 4.79 Å². The Morgan fingerprint density at radius 2 is 2.25 bits per heavy atom. The van der Waals surface area contributed by atoms with Gasteiger partial charge in [0.05, 0.1) is 0 Å². The minimum Gasteiger partial charge on any atom is -0.385 e. The van der Waals surface area contributed by atoms with Crippen molar-refractivity contribution >= 4 is 11.6 Å². The smallest absolute Gasteiger partial charge is 0.251 e. The number of aromatic amines is 1. The number of nitrogens with one attached hydrogen (secondary N) is 3.